The van der Waals surface area contributed by atoms with Crippen molar-refractivity contribution in [2.45, 2.75) is 5.54 Å². The van der Waals surface area contributed by atoms with Gasteiger partial charge in [0.15, 0.2) is 0 Å². The van der Waals surface area contributed by atoms with E-state index < -0.39 is 15.7 Å². The standard InChI is InChI=1S/C33H31N5O3S/c1-35(2)42(40,41)37-23-30(34-24-37)28-20-22-38(32(39)29-19-21-36(3)31(28)29)33(25-13-7-4-8-14-25,26-15-9-5-10-16-26)27-17-11-6-12-18-27/h4-21,23-24H,22H2,1-3H3. The van der Waals surface area contributed by atoms with Crippen molar-refractivity contribution in [2.75, 3.05) is 20.6 Å². The summed E-state index contributed by atoms with van der Waals surface area (Å²) in [5.41, 5.74) is 4.22. The summed E-state index contributed by atoms with van der Waals surface area (Å²) in [4.78, 5) is 21.2. The lowest BCUT2D eigenvalue weighted by atomic mass is 9.75. The number of benzene rings is 3. The first-order chi connectivity index (χ1) is 20.3. The maximum Gasteiger partial charge on any atom is 0.308 e. The van der Waals surface area contributed by atoms with Crippen molar-refractivity contribution in [3.05, 3.63) is 156 Å². The number of nitrogens with zero attached hydrogens (tertiary/aromatic N) is 5. The van der Waals surface area contributed by atoms with E-state index in [1.54, 1.807) is 0 Å². The van der Waals surface area contributed by atoms with E-state index in [0.29, 0.717) is 22.5 Å². The van der Waals surface area contributed by atoms with Crippen LogP contribution in [-0.2, 0) is 22.8 Å². The van der Waals surface area contributed by atoms with Gasteiger partial charge in [0.25, 0.3) is 5.91 Å². The van der Waals surface area contributed by atoms with Gasteiger partial charge in [-0.15, -0.1) is 0 Å². The summed E-state index contributed by atoms with van der Waals surface area (Å²) in [6.45, 7) is 0.245. The summed E-state index contributed by atoms with van der Waals surface area (Å²) in [5.74, 6) is -0.145. The first kappa shape index (κ1) is 27.4. The van der Waals surface area contributed by atoms with Crippen LogP contribution in [0, 0.1) is 0 Å². The molecule has 212 valence electrons. The maximum atomic E-state index is 14.8. The van der Waals surface area contributed by atoms with Crippen LogP contribution in [0.5, 0.6) is 0 Å². The largest absolute Gasteiger partial charge is 0.350 e. The molecule has 1 amide bonds. The third-order valence-electron chi connectivity index (χ3n) is 7.82. The number of fused-ring (bicyclic) bond motifs is 1. The highest BCUT2D eigenvalue weighted by Crippen LogP contribution is 2.45. The zero-order valence-corrected chi connectivity index (χ0v) is 24.4. The lowest BCUT2D eigenvalue weighted by Gasteiger charge is -2.45. The molecule has 1 aliphatic rings. The highest BCUT2D eigenvalue weighted by Gasteiger charge is 2.46. The molecular weight excluding hydrogens is 546 g/mol. The first-order valence-corrected chi connectivity index (χ1v) is 15.0. The fourth-order valence-corrected chi connectivity index (χ4v) is 6.60. The minimum atomic E-state index is -3.75. The van der Waals surface area contributed by atoms with E-state index >= 15 is 0 Å². The Morgan fingerprint density at radius 2 is 1.33 bits per heavy atom. The topological polar surface area (TPSA) is 80.4 Å². The molecule has 0 saturated heterocycles. The van der Waals surface area contributed by atoms with Crippen LogP contribution in [-0.4, -0.2) is 57.7 Å². The van der Waals surface area contributed by atoms with Crippen LogP contribution in [0.15, 0.2) is 122 Å². The van der Waals surface area contributed by atoms with Crippen molar-refractivity contribution >= 4 is 21.7 Å². The van der Waals surface area contributed by atoms with Crippen molar-refractivity contribution in [3.8, 4) is 0 Å². The van der Waals surface area contributed by atoms with Crippen molar-refractivity contribution in [2.24, 2.45) is 7.05 Å². The molecule has 0 fully saturated rings. The fraction of sp³-hybridized carbons (Fsp3) is 0.152. The average molecular weight is 578 g/mol. The quantitative estimate of drug-likeness (QED) is 0.262. The number of hydrogen-bond acceptors (Lipinski definition) is 4. The fourth-order valence-electron chi connectivity index (χ4n) is 5.83. The molecule has 0 saturated carbocycles. The Morgan fingerprint density at radius 1 is 0.810 bits per heavy atom. The van der Waals surface area contributed by atoms with E-state index in [1.807, 2.05) is 89.5 Å². The number of imidazole rings is 1. The third kappa shape index (κ3) is 4.29. The van der Waals surface area contributed by atoms with Gasteiger partial charge >= 0.3 is 10.2 Å². The van der Waals surface area contributed by atoms with Crippen LogP contribution in [0.1, 0.15) is 38.4 Å². The zero-order valence-electron chi connectivity index (χ0n) is 23.6. The smallest absolute Gasteiger partial charge is 0.308 e. The number of hydrogen-bond donors (Lipinski definition) is 0. The predicted molar refractivity (Wildman–Crippen MR) is 163 cm³/mol. The predicted octanol–water partition coefficient (Wildman–Crippen LogP) is 4.76. The molecule has 0 bridgehead atoms. The Kier molecular flexibility index (Phi) is 6.92. The number of amides is 1. The van der Waals surface area contributed by atoms with Crippen LogP contribution in [0.3, 0.4) is 0 Å². The van der Waals surface area contributed by atoms with Gasteiger partial charge in [-0.1, -0.05) is 97.1 Å². The van der Waals surface area contributed by atoms with Gasteiger partial charge in [0.05, 0.1) is 17.0 Å². The molecule has 5 aromatic rings. The Labute approximate surface area is 246 Å². The Morgan fingerprint density at radius 3 is 1.83 bits per heavy atom. The van der Waals surface area contributed by atoms with Crippen LogP contribution >= 0.6 is 0 Å². The van der Waals surface area contributed by atoms with E-state index in [9.17, 15) is 13.2 Å². The van der Waals surface area contributed by atoms with E-state index in [-0.39, 0.29) is 12.5 Å². The van der Waals surface area contributed by atoms with Crippen molar-refractivity contribution in [1.29, 1.82) is 0 Å². The second-order valence-corrected chi connectivity index (χ2v) is 12.5. The van der Waals surface area contributed by atoms with Crippen LogP contribution in [0.2, 0.25) is 0 Å². The summed E-state index contributed by atoms with van der Waals surface area (Å²) in [5, 5.41) is 0. The summed E-state index contributed by atoms with van der Waals surface area (Å²) >= 11 is 0. The van der Waals surface area contributed by atoms with Gasteiger partial charge in [0, 0.05) is 45.7 Å². The molecule has 0 spiro atoms. The summed E-state index contributed by atoms with van der Waals surface area (Å²) in [7, 11) is 1.07. The van der Waals surface area contributed by atoms with Crippen molar-refractivity contribution in [1.82, 2.24) is 22.7 Å². The molecule has 0 radical (unpaired) electrons. The third-order valence-corrected chi connectivity index (χ3v) is 9.48. The minimum absolute atomic E-state index is 0.145. The van der Waals surface area contributed by atoms with Gasteiger partial charge in [-0.25, -0.2) is 8.96 Å². The highest BCUT2D eigenvalue weighted by molar-refractivity contribution is 7.87. The number of aryl methyl sites for hydroxylation is 1. The normalized spacial score (nSPS) is 14.0. The average Bonchev–Trinajstić information content (AvgIpc) is 3.63. The SMILES string of the molecule is CN(C)S(=O)(=O)n1cnc(C2=CCN(C(c3ccccc3)(c3ccccc3)c3ccccc3)C(=O)c3ccn(C)c32)c1. The second-order valence-electron chi connectivity index (χ2n) is 10.4. The van der Waals surface area contributed by atoms with Crippen molar-refractivity contribution in [3.63, 3.8) is 0 Å². The van der Waals surface area contributed by atoms with E-state index in [0.717, 1.165) is 25.0 Å². The molecule has 0 atom stereocenters. The molecule has 0 unspecified atom stereocenters. The van der Waals surface area contributed by atoms with Gasteiger partial charge in [-0.2, -0.15) is 12.7 Å². The molecule has 3 aromatic carbocycles. The van der Waals surface area contributed by atoms with E-state index in [2.05, 4.69) is 41.4 Å². The maximum absolute atomic E-state index is 14.8. The number of carbonyl (C=O) groups excluding carboxylic acids is 1. The Bertz CT molecular complexity index is 1780. The number of aromatic nitrogens is 3. The Hall–Kier alpha value is -4.73. The van der Waals surface area contributed by atoms with Gasteiger partial charge in [-0.05, 0) is 22.8 Å². The lowest BCUT2D eigenvalue weighted by molar-refractivity contribution is 0.0647. The molecule has 9 heteroatoms. The second kappa shape index (κ2) is 10.6. The highest BCUT2D eigenvalue weighted by atomic mass is 32.2. The minimum Gasteiger partial charge on any atom is -0.350 e. The summed E-state index contributed by atoms with van der Waals surface area (Å²) in [6, 6.07) is 32.0. The molecule has 8 nitrogen and oxygen atoms in total. The van der Waals surface area contributed by atoms with Gasteiger partial charge in [0.2, 0.25) is 0 Å². The monoisotopic (exact) mass is 577 g/mol. The molecule has 6 rings (SSSR count). The molecule has 3 heterocycles. The molecule has 2 aromatic heterocycles. The number of carbonyl (C=O) groups is 1. The lowest BCUT2D eigenvalue weighted by Crippen LogP contribution is -2.51. The molecule has 0 aliphatic carbocycles. The summed E-state index contributed by atoms with van der Waals surface area (Å²) in [6.07, 6.45) is 6.61. The first-order valence-electron chi connectivity index (χ1n) is 13.6. The summed E-state index contributed by atoms with van der Waals surface area (Å²) < 4.78 is 29.8. The molecular formula is C33H31N5O3S. The van der Waals surface area contributed by atoms with E-state index in [1.165, 1.54) is 26.6 Å². The molecule has 42 heavy (non-hydrogen) atoms. The Balaban J connectivity index is 1.61. The van der Waals surface area contributed by atoms with Crippen molar-refractivity contribution < 1.29 is 13.2 Å². The van der Waals surface area contributed by atoms with Gasteiger partial charge < -0.3 is 9.47 Å². The van der Waals surface area contributed by atoms with Crippen LogP contribution in [0.25, 0.3) is 5.57 Å². The molecule has 0 N–H and O–H groups in total. The zero-order chi connectivity index (χ0) is 29.5. The van der Waals surface area contributed by atoms with Crippen LogP contribution in [0.4, 0.5) is 0 Å². The number of rotatable bonds is 7. The van der Waals surface area contributed by atoms with E-state index in [4.69, 9.17) is 0 Å². The van der Waals surface area contributed by atoms with Crippen LogP contribution < -0.4 is 0 Å². The van der Waals surface area contributed by atoms with Gasteiger partial charge in [0.1, 0.15) is 11.9 Å². The molecule has 1 aliphatic heterocycles. The van der Waals surface area contributed by atoms with Gasteiger partial charge in [-0.3, -0.25) is 4.79 Å².